The zero-order valence-electron chi connectivity index (χ0n) is 40.2. The molecule has 0 spiro atoms. The van der Waals surface area contributed by atoms with E-state index in [1.54, 1.807) is 6.08 Å². The van der Waals surface area contributed by atoms with Gasteiger partial charge in [0.05, 0.1) is 39.9 Å². The third-order valence-corrected chi connectivity index (χ3v) is 12.3. The molecule has 9 heteroatoms. The number of phosphoric ester groups is 1. The highest BCUT2D eigenvalue weighted by atomic mass is 31.2. The van der Waals surface area contributed by atoms with Crippen molar-refractivity contribution in [2.75, 3.05) is 40.9 Å². The van der Waals surface area contributed by atoms with Crippen molar-refractivity contribution < 1.29 is 32.9 Å². The molecule has 0 radical (unpaired) electrons. The van der Waals surface area contributed by atoms with E-state index in [1.165, 1.54) is 167 Å². The SMILES string of the molecule is CCCCCCCCCCCCCCCCC/C=C/CC/C=C/CC/C=C/C(O)C(COP(=O)(O)OCC[N+](C)(C)C)NC(=O)CCCCCCCCCCCCCCC. The van der Waals surface area contributed by atoms with Crippen LogP contribution in [0.25, 0.3) is 0 Å². The van der Waals surface area contributed by atoms with E-state index < -0.39 is 20.0 Å². The number of aliphatic hydroxyl groups excluding tert-OH is 1. The van der Waals surface area contributed by atoms with Crippen LogP contribution in [0, 0.1) is 0 Å². The fourth-order valence-electron chi connectivity index (χ4n) is 7.31. The Kier molecular flexibility index (Phi) is 42.1. The number of nitrogens with zero attached hydrogens (tertiary/aromatic N) is 1. The summed E-state index contributed by atoms with van der Waals surface area (Å²) in [5.41, 5.74) is 0. The number of hydrogen-bond donors (Lipinski definition) is 3. The standard InChI is InChI=1S/C51H99N2O6P/c1-6-8-10-12-14-16-18-20-21-22-23-24-25-26-27-28-29-30-31-33-34-36-38-40-42-44-50(54)49(48-59-60(56,57)58-47-46-53(3,4)5)52-51(55)45-43-41-39-37-35-32-19-17-15-13-11-9-7-2/h29-30,34,36,42,44,49-50,54H,6-28,31-33,35,37-41,43,45-48H2,1-5H3,(H-,52,55,56,57)/p+1/b30-29+,36-34+,44-42+. The summed E-state index contributed by atoms with van der Waals surface area (Å²) in [6.45, 7) is 4.80. The molecule has 0 aromatic heterocycles. The van der Waals surface area contributed by atoms with E-state index in [2.05, 4.69) is 43.5 Å². The summed E-state index contributed by atoms with van der Waals surface area (Å²) in [4.78, 5) is 23.1. The average molecular weight is 868 g/mol. The summed E-state index contributed by atoms with van der Waals surface area (Å²) < 4.78 is 23.6. The van der Waals surface area contributed by atoms with E-state index in [1.807, 2.05) is 27.2 Å². The molecule has 0 aliphatic carbocycles. The number of rotatable bonds is 46. The number of amides is 1. The Morgan fingerprint density at radius 3 is 1.33 bits per heavy atom. The zero-order chi connectivity index (χ0) is 44.3. The maximum Gasteiger partial charge on any atom is 0.472 e. The van der Waals surface area contributed by atoms with Crippen molar-refractivity contribution in [1.82, 2.24) is 5.32 Å². The van der Waals surface area contributed by atoms with Gasteiger partial charge in [0.2, 0.25) is 5.91 Å². The largest absolute Gasteiger partial charge is 0.472 e. The van der Waals surface area contributed by atoms with Crippen LogP contribution >= 0.6 is 7.82 Å². The predicted molar refractivity (Wildman–Crippen MR) is 258 cm³/mol. The first kappa shape index (κ1) is 58.7. The van der Waals surface area contributed by atoms with Crippen molar-refractivity contribution >= 4 is 13.7 Å². The lowest BCUT2D eigenvalue weighted by molar-refractivity contribution is -0.870. The van der Waals surface area contributed by atoms with E-state index in [4.69, 9.17) is 9.05 Å². The van der Waals surface area contributed by atoms with Gasteiger partial charge in [-0.3, -0.25) is 13.8 Å². The van der Waals surface area contributed by atoms with E-state index in [9.17, 15) is 19.4 Å². The molecule has 0 aromatic rings. The number of hydrogen-bond acceptors (Lipinski definition) is 5. The van der Waals surface area contributed by atoms with Gasteiger partial charge in [-0.15, -0.1) is 0 Å². The Morgan fingerprint density at radius 2 is 0.917 bits per heavy atom. The van der Waals surface area contributed by atoms with Gasteiger partial charge in [-0.2, -0.15) is 0 Å². The van der Waals surface area contributed by atoms with Gasteiger partial charge >= 0.3 is 7.82 Å². The van der Waals surface area contributed by atoms with Crippen molar-refractivity contribution in [2.45, 2.75) is 244 Å². The number of phosphoric acid groups is 1. The fraction of sp³-hybridized carbons (Fsp3) is 0.863. The monoisotopic (exact) mass is 868 g/mol. The summed E-state index contributed by atoms with van der Waals surface area (Å²) in [5, 5.41) is 13.8. The fourth-order valence-corrected chi connectivity index (χ4v) is 8.05. The molecular formula is C51H100N2O6P+. The Hall–Kier alpha value is -1.28. The van der Waals surface area contributed by atoms with E-state index in [0.29, 0.717) is 17.4 Å². The second kappa shape index (κ2) is 43.0. The van der Waals surface area contributed by atoms with Crippen LogP contribution in [0.1, 0.15) is 232 Å². The van der Waals surface area contributed by atoms with E-state index in [-0.39, 0.29) is 19.1 Å². The topological polar surface area (TPSA) is 105 Å². The van der Waals surface area contributed by atoms with Crippen LogP contribution in [0.5, 0.6) is 0 Å². The first-order chi connectivity index (χ1) is 29.0. The first-order valence-corrected chi connectivity index (χ1v) is 26.9. The molecule has 0 saturated heterocycles. The number of aliphatic hydroxyl groups is 1. The van der Waals surface area contributed by atoms with Gasteiger partial charge in [-0.1, -0.05) is 217 Å². The van der Waals surface area contributed by atoms with Crippen LogP contribution in [0.2, 0.25) is 0 Å². The maximum atomic E-state index is 12.9. The minimum atomic E-state index is -4.35. The predicted octanol–water partition coefficient (Wildman–Crippen LogP) is 14.6. The van der Waals surface area contributed by atoms with Crippen LogP contribution < -0.4 is 5.32 Å². The molecule has 8 nitrogen and oxygen atoms in total. The summed E-state index contributed by atoms with van der Waals surface area (Å²) in [6, 6.07) is -0.866. The number of quaternary nitrogens is 1. The first-order valence-electron chi connectivity index (χ1n) is 25.4. The third kappa shape index (κ3) is 44.8. The third-order valence-electron chi connectivity index (χ3n) is 11.3. The molecule has 0 saturated carbocycles. The Labute approximate surface area is 372 Å². The van der Waals surface area contributed by atoms with Crippen molar-refractivity contribution in [3.05, 3.63) is 36.5 Å². The lowest BCUT2D eigenvalue weighted by Gasteiger charge is -2.25. The smallest absolute Gasteiger partial charge is 0.387 e. The number of allylic oxidation sites excluding steroid dienone is 5. The molecule has 0 aliphatic rings. The van der Waals surface area contributed by atoms with Gasteiger partial charge in [0.15, 0.2) is 0 Å². The highest BCUT2D eigenvalue weighted by molar-refractivity contribution is 7.47. The van der Waals surface area contributed by atoms with Crippen LogP contribution in [-0.2, 0) is 18.4 Å². The number of likely N-dealkylation sites (N-methyl/N-ethyl adjacent to an activating group) is 1. The van der Waals surface area contributed by atoms with Gasteiger partial charge in [-0.05, 0) is 44.9 Å². The van der Waals surface area contributed by atoms with E-state index >= 15 is 0 Å². The van der Waals surface area contributed by atoms with Gasteiger partial charge < -0.3 is 19.8 Å². The average Bonchev–Trinajstić information content (AvgIpc) is 3.20. The molecule has 3 unspecified atom stereocenters. The number of carbonyl (C=O) groups is 1. The van der Waals surface area contributed by atoms with Gasteiger partial charge in [0, 0.05) is 6.42 Å². The zero-order valence-corrected chi connectivity index (χ0v) is 41.1. The maximum absolute atomic E-state index is 12.9. The molecule has 0 bridgehead atoms. The van der Waals surface area contributed by atoms with Crippen LogP contribution in [0.4, 0.5) is 0 Å². The number of carbonyl (C=O) groups excluding carboxylic acids is 1. The van der Waals surface area contributed by atoms with Crippen LogP contribution in [0.3, 0.4) is 0 Å². The number of nitrogens with one attached hydrogen (secondary N) is 1. The highest BCUT2D eigenvalue weighted by Crippen LogP contribution is 2.43. The minimum Gasteiger partial charge on any atom is -0.387 e. The molecule has 0 aromatic carbocycles. The van der Waals surface area contributed by atoms with Crippen LogP contribution in [-0.4, -0.2) is 73.4 Å². The lowest BCUT2D eigenvalue weighted by Crippen LogP contribution is -2.45. The minimum absolute atomic E-state index is 0.0547. The summed E-state index contributed by atoms with van der Waals surface area (Å²) >= 11 is 0. The molecule has 1 amide bonds. The van der Waals surface area contributed by atoms with Crippen molar-refractivity contribution in [1.29, 1.82) is 0 Å². The molecule has 3 atom stereocenters. The molecule has 0 heterocycles. The van der Waals surface area contributed by atoms with E-state index in [0.717, 1.165) is 44.9 Å². The quantitative estimate of drug-likeness (QED) is 0.0244. The van der Waals surface area contributed by atoms with Crippen molar-refractivity contribution in [3.8, 4) is 0 Å². The molecule has 354 valence electrons. The number of unbranched alkanes of at least 4 members (excludes halogenated alkanes) is 29. The molecule has 3 N–H and O–H groups in total. The molecule has 0 fully saturated rings. The van der Waals surface area contributed by atoms with Crippen molar-refractivity contribution in [3.63, 3.8) is 0 Å². The van der Waals surface area contributed by atoms with Gasteiger partial charge in [0.25, 0.3) is 0 Å². The molecule has 60 heavy (non-hydrogen) atoms. The molecule has 0 aliphatic heterocycles. The summed E-state index contributed by atoms with van der Waals surface area (Å²) in [7, 11) is 1.55. The summed E-state index contributed by atoms with van der Waals surface area (Å²) in [6.07, 6.45) is 53.8. The lowest BCUT2D eigenvalue weighted by atomic mass is 10.0. The molecule has 0 rings (SSSR count). The summed E-state index contributed by atoms with van der Waals surface area (Å²) in [5.74, 6) is -0.190. The second-order valence-corrected chi connectivity index (χ2v) is 20.0. The Morgan fingerprint density at radius 1 is 0.550 bits per heavy atom. The Bertz CT molecular complexity index is 1070. The Balaban J connectivity index is 4.33. The van der Waals surface area contributed by atoms with Crippen LogP contribution in [0.15, 0.2) is 36.5 Å². The molecular weight excluding hydrogens is 768 g/mol. The van der Waals surface area contributed by atoms with Gasteiger partial charge in [0.1, 0.15) is 13.2 Å². The van der Waals surface area contributed by atoms with Gasteiger partial charge in [-0.25, -0.2) is 4.57 Å². The normalized spacial score (nSPS) is 14.4. The highest BCUT2D eigenvalue weighted by Gasteiger charge is 2.27. The second-order valence-electron chi connectivity index (χ2n) is 18.5. The van der Waals surface area contributed by atoms with Crippen molar-refractivity contribution in [2.24, 2.45) is 0 Å².